The van der Waals surface area contributed by atoms with Crippen LogP contribution in [0.15, 0.2) is 25.3 Å². The van der Waals surface area contributed by atoms with E-state index in [1.54, 1.807) is 12.2 Å². The molecule has 0 radical (unpaired) electrons. The normalized spacial score (nSPS) is 27.3. The number of carbonyl (C=O) groups is 3. The number of rotatable bonds is 10. The summed E-state index contributed by atoms with van der Waals surface area (Å²) in [7, 11) is 0. The Hall–Kier alpha value is -2.19. The summed E-state index contributed by atoms with van der Waals surface area (Å²) >= 11 is 0. The van der Waals surface area contributed by atoms with E-state index in [1.165, 1.54) is 20.8 Å². The molecule has 8 heteroatoms. The highest BCUT2D eigenvalue weighted by atomic mass is 16.6. The maximum atomic E-state index is 11.6. The molecule has 1 aliphatic rings. The Labute approximate surface area is 159 Å². The number of carbonyl (C=O) groups excluding carboxylic acids is 3. The van der Waals surface area contributed by atoms with Crippen molar-refractivity contribution in [2.24, 2.45) is 5.92 Å². The number of hydrogen-bond donors (Lipinski definition) is 0. The van der Waals surface area contributed by atoms with Crippen LogP contribution in [0.2, 0.25) is 0 Å². The highest BCUT2D eigenvalue weighted by Gasteiger charge is 2.49. The van der Waals surface area contributed by atoms with E-state index < -0.39 is 48.2 Å². The molecule has 0 heterocycles. The summed E-state index contributed by atoms with van der Waals surface area (Å²) in [6, 6.07) is 0. The molecule has 0 amide bonds. The van der Waals surface area contributed by atoms with Gasteiger partial charge >= 0.3 is 17.9 Å². The van der Waals surface area contributed by atoms with Crippen LogP contribution < -0.4 is 0 Å². The first-order valence-electron chi connectivity index (χ1n) is 8.72. The monoisotopic (exact) mass is 384 g/mol. The molecule has 27 heavy (non-hydrogen) atoms. The second-order valence-corrected chi connectivity index (χ2v) is 6.19. The first-order chi connectivity index (χ1) is 12.8. The summed E-state index contributed by atoms with van der Waals surface area (Å²) in [6.45, 7) is 11.5. The van der Waals surface area contributed by atoms with E-state index in [-0.39, 0.29) is 26.2 Å². The van der Waals surface area contributed by atoms with Crippen LogP contribution in [0.25, 0.3) is 0 Å². The second-order valence-electron chi connectivity index (χ2n) is 6.19. The van der Waals surface area contributed by atoms with E-state index in [4.69, 9.17) is 23.7 Å². The SMILES string of the molecule is C=CCO[C@H]1[C@@H](OCC=C)[C@H](OC(C)=O)C[C@H](COC(C)=O)[C@@H]1OC(C)=O. The van der Waals surface area contributed by atoms with E-state index >= 15 is 0 Å². The molecule has 0 aromatic rings. The zero-order chi connectivity index (χ0) is 20.4. The van der Waals surface area contributed by atoms with Gasteiger partial charge in [-0.2, -0.15) is 0 Å². The molecule has 152 valence electrons. The zero-order valence-corrected chi connectivity index (χ0v) is 16.1. The maximum absolute atomic E-state index is 11.6. The first-order valence-corrected chi connectivity index (χ1v) is 8.72. The van der Waals surface area contributed by atoms with Crippen LogP contribution in [-0.2, 0) is 38.1 Å². The van der Waals surface area contributed by atoms with Gasteiger partial charge in [-0.1, -0.05) is 12.2 Å². The number of hydrogen-bond acceptors (Lipinski definition) is 8. The van der Waals surface area contributed by atoms with Crippen LogP contribution in [0.1, 0.15) is 27.2 Å². The van der Waals surface area contributed by atoms with Crippen molar-refractivity contribution in [2.45, 2.75) is 51.6 Å². The van der Waals surface area contributed by atoms with Crippen molar-refractivity contribution in [3.63, 3.8) is 0 Å². The zero-order valence-electron chi connectivity index (χ0n) is 16.1. The molecule has 0 aliphatic heterocycles. The van der Waals surface area contributed by atoms with E-state index in [2.05, 4.69) is 13.2 Å². The van der Waals surface area contributed by atoms with Crippen LogP contribution in [0.3, 0.4) is 0 Å². The Morgan fingerprint density at radius 2 is 1.41 bits per heavy atom. The number of esters is 3. The van der Waals surface area contributed by atoms with E-state index in [0.717, 1.165) is 0 Å². The Kier molecular flexibility index (Phi) is 9.74. The molecule has 0 aromatic carbocycles. The van der Waals surface area contributed by atoms with Crippen molar-refractivity contribution in [3.8, 4) is 0 Å². The van der Waals surface area contributed by atoms with Gasteiger partial charge in [0.15, 0.2) is 0 Å². The Morgan fingerprint density at radius 3 is 1.89 bits per heavy atom. The molecular formula is C19H28O8. The first kappa shape index (κ1) is 22.9. The summed E-state index contributed by atoms with van der Waals surface area (Å²) in [5.74, 6) is -1.88. The van der Waals surface area contributed by atoms with Crippen molar-refractivity contribution in [2.75, 3.05) is 19.8 Å². The van der Waals surface area contributed by atoms with Crippen molar-refractivity contribution < 1.29 is 38.1 Å². The molecule has 0 saturated heterocycles. The lowest BCUT2D eigenvalue weighted by atomic mass is 9.80. The van der Waals surface area contributed by atoms with Gasteiger partial charge in [0.1, 0.15) is 24.4 Å². The molecule has 0 unspecified atom stereocenters. The molecular weight excluding hydrogens is 356 g/mol. The van der Waals surface area contributed by atoms with E-state index in [1.807, 2.05) is 0 Å². The second kappa shape index (κ2) is 11.5. The lowest BCUT2D eigenvalue weighted by molar-refractivity contribution is -0.218. The molecule has 5 atom stereocenters. The van der Waals surface area contributed by atoms with Crippen LogP contribution in [-0.4, -0.2) is 62.1 Å². The fraction of sp³-hybridized carbons (Fsp3) is 0.632. The average molecular weight is 384 g/mol. The predicted octanol–water partition coefficient (Wildman–Crippen LogP) is 1.58. The molecule has 0 bridgehead atoms. The summed E-state index contributed by atoms with van der Waals surface area (Å²) in [6.07, 6.45) is 0.538. The minimum Gasteiger partial charge on any atom is -0.465 e. The van der Waals surface area contributed by atoms with Gasteiger partial charge in [0.05, 0.1) is 19.8 Å². The molecule has 0 spiro atoms. The standard InChI is InChI=1S/C19H28O8/c1-6-8-23-18-16(26-13(4)21)10-15(11-25-12(3)20)17(27-14(5)22)19(18)24-9-7-2/h6-7,15-19H,1-2,8-11H2,3-5H3/t15-,16-,17+,18+,19-/m1/s1. The molecule has 1 saturated carbocycles. The predicted molar refractivity (Wildman–Crippen MR) is 95.7 cm³/mol. The third-order valence-electron chi connectivity index (χ3n) is 3.95. The maximum Gasteiger partial charge on any atom is 0.303 e. The Balaban J connectivity index is 3.20. The van der Waals surface area contributed by atoms with Gasteiger partial charge in [0.2, 0.25) is 0 Å². The van der Waals surface area contributed by atoms with Crippen LogP contribution in [0, 0.1) is 5.92 Å². The molecule has 1 fully saturated rings. The Bertz CT molecular complexity index is 544. The Morgan fingerprint density at radius 1 is 0.852 bits per heavy atom. The van der Waals surface area contributed by atoms with Crippen LogP contribution >= 0.6 is 0 Å². The summed E-state index contributed by atoms with van der Waals surface area (Å²) in [4.78, 5) is 34.4. The summed E-state index contributed by atoms with van der Waals surface area (Å²) < 4.78 is 27.6. The van der Waals surface area contributed by atoms with Crippen molar-refractivity contribution in [3.05, 3.63) is 25.3 Å². The lowest BCUT2D eigenvalue weighted by Crippen LogP contribution is -2.59. The van der Waals surface area contributed by atoms with Crippen LogP contribution in [0.4, 0.5) is 0 Å². The van der Waals surface area contributed by atoms with E-state index in [9.17, 15) is 14.4 Å². The fourth-order valence-corrected chi connectivity index (χ4v) is 3.05. The minimum atomic E-state index is -0.747. The van der Waals surface area contributed by atoms with Gasteiger partial charge in [-0.25, -0.2) is 0 Å². The highest BCUT2D eigenvalue weighted by Crippen LogP contribution is 2.34. The highest BCUT2D eigenvalue weighted by molar-refractivity contribution is 5.67. The molecule has 0 aromatic heterocycles. The van der Waals surface area contributed by atoms with Crippen LogP contribution in [0.5, 0.6) is 0 Å². The molecule has 1 rings (SSSR count). The van der Waals surface area contributed by atoms with Gasteiger partial charge in [0.25, 0.3) is 0 Å². The van der Waals surface area contributed by atoms with Gasteiger partial charge in [-0.3, -0.25) is 14.4 Å². The smallest absolute Gasteiger partial charge is 0.303 e. The van der Waals surface area contributed by atoms with Crippen molar-refractivity contribution in [1.29, 1.82) is 0 Å². The fourth-order valence-electron chi connectivity index (χ4n) is 3.05. The molecule has 1 aliphatic carbocycles. The topological polar surface area (TPSA) is 97.4 Å². The lowest BCUT2D eigenvalue weighted by Gasteiger charge is -2.44. The summed E-state index contributed by atoms with van der Waals surface area (Å²) in [5.41, 5.74) is 0. The summed E-state index contributed by atoms with van der Waals surface area (Å²) in [5, 5.41) is 0. The van der Waals surface area contributed by atoms with Gasteiger partial charge in [-0.15, -0.1) is 13.2 Å². The third kappa shape index (κ3) is 7.52. The quantitative estimate of drug-likeness (QED) is 0.318. The number of ether oxygens (including phenoxy) is 5. The van der Waals surface area contributed by atoms with Crippen molar-refractivity contribution in [1.82, 2.24) is 0 Å². The van der Waals surface area contributed by atoms with Crippen molar-refractivity contribution >= 4 is 17.9 Å². The largest absolute Gasteiger partial charge is 0.465 e. The molecule has 0 N–H and O–H groups in total. The van der Waals surface area contributed by atoms with Gasteiger partial charge < -0.3 is 23.7 Å². The third-order valence-corrected chi connectivity index (χ3v) is 3.95. The van der Waals surface area contributed by atoms with E-state index in [0.29, 0.717) is 0 Å². The van der Waals surface area contributed by atoms with Gasteiger partial charge in [0, 0.05) is 26.7 Å². The van der Waals surface area contributed by atoms with Gasteiger partial charge in [-0.05, 0) is 6.42 Å². The minimum absolute atomic E-state index is 0.00677. The average Bonchev–Trinajstić information content (AvgIpc) is 2.57. The molecule has 8 nitrogen and oxygen atoms in total.